The molecular formula is C12H15N3O2. The molecule has 0 aliphatic heterocycles. The average molecular weight is 233 g/mol. The molecule has 5 heteroatoms. The number of ether oxygens (including phenoxy) is 1. The van der Waals surface area contributed by atoms with Crippen LogP contribution in [-0.2, 0) is 0 Å². The van der Waals surface area contributed by atoms with Gasteiger partial charge in [-0.1, -0.05) is 19.0 Å². The zero-order valence-corrected chi connectivity index (χ0v) is 10.1. The van der Waals surface area contributed by atoms with Crippen LogP contribution in [0.15, 0.2) is 22.7 Å². The summed E-state index contributed by atoms with van der Waals surface area (Å²) >= 11 is 0. The van der Waals surface area contributed by atoms with E-state index in [1.165, 1.54) is 0 Å². The maximum Gasteiger partial charge on any atom is 0.229 e. The lowest BCUT2D eigenvalue weighted by molar-refractivity contribution is 0.365. The molecular weight excluding hydrogens is 218 g/mol. The Morgan fingerprint density at radius 3 is 2.71 bits per heavy atom. The molecule has 0 aliphatic carbocycles. The molecule has 2 aromatic rings. The largest absolute Gasteiger partial charge is 0.496 e. The smallest absolute Gasteiger partial charge is 0.229 e. The molecule has 0 aliphatic rings. The first-order valence-corrected chi connectivity index (χ1v) is 5.39. The number of aromatic nitrogens is 2. The van der Waals surface area contributed by atoms with Gasteiger partial charge in [-0.05, 0) is 12.1 Å². The van der Waals surface area contributed by atoms with Crippen molar-refractivity contribution in [3.8, 4) is 17.1 Å². The van der Waals surface area contributed by atoms with E-state index in [1.807, 2.05) is 19.9 Å². The molecule has 0 spiro atoms. The van der Waals surface area contributed by atoms with E-state index >= 15 is 0 Å². The number of rotatable bonds is 3. The van der Waals surface area contributed by atoms with E-state index < -0.39 is 0 Å². The Balaban J connectivity index is 2.44. The van der Waals surface area contributed by atoms with Crippen LogP contribution in [-0.4, -0.2) is 17.3 Å². The van der Waals surface area contributed by atoms with E-state index in [4.69, 9.17) is 15.0 Å². The maximum absolute atomic E-state index is 5.69. The quantitative estimate of drug-likeness (QED) is 0.824. The first-order chi connectivity index (χ1) is 8.11. The second kappa shape index (κ2) is 4.45. The van der Waals surface area contributed by atoms with E-state index in [-0.39, 0.29) is 5.92 Å². The molecule has 1 aromatic heterocycles. The van der Waals surface area contributed by atoms with Crippen molar-refractivity contribution in [3.63, 3.8) is 0 Å². The highest BCUT2D eigenvalue weighted by Gasteiger charge is 2.15. The summed E-state index contributed by atoms with van der Waals surface area (Å²) in [6, 6.07) is 5.34. The van der Waals surface area contributed by atoms with Gasteiger partial charge in [-0.2, -0.15) is 4.98 Å². The number of nitrogens with zero attached hydrogens (tertiary/aromatic N) is 2. The van der Waals surface area contributed by atoms with Crippen LogP contribution < -0.4 is 10.5 Å². The first kappa shape index (κ1) is 11.4. The summed E-state index contributed by atoms with van der Waals surface area (Å²) < 4.78 is 10.4. The van der Waals surface area contributed by atoms with Crippen LogP contribution in [0.25, 0.3) is 11.4 Å². The molecule has 90 valence electrons. The number of hydrogen-bond acceptors (Lipinski definition) is 5. The lowest BCUT2D eigenvalue weighted by atomic mass is 10.1. The van der Waals surface area contributed by atoms with Crippen LogP contribution in [0, 0.1) is 0 Å². The van der Waals surface area contributed by atoms with Gasteiger partial charge in [0.05, 0.1) is 12.7 Å². The second-order valence-corrected chi connectivity index (χ2v) is 4.07. The Kier molecular flexibility index (Phi) is 2.99. The van der Waals surface area contributed by atoms with Crippen LogP contribution in [0.1, 0.15) is 25.7 Å². The Morgan fingerprint density at radius 1 is 1.35 bits per heavy atom. The van der Waals surface area contributed by atoms with Crippen molar-refractivity contribution >= 4 is 5.69 Å². The summed E-state index contributed by atoms with van der Waals surface area (Å²) in [5.74, 6) is 1.97. The summed E-state index contributed by atoms with van der Waals surface area (Å²) in [6.45, 7) is 4.00. The molecule has 17 heavy (non-hydrogen) atoms. The normalized spacial score (nSPS) is 10.8. The number of anilines is 1. The lowest BCUT2D eigenvalue weighted by Crippen LogP contribution is -1.93. The molecule has 0 atom stereocenters. The van der Waals surface area contributed by atoms with Gasteiger partial charge in [0.1, 0.15) is 5.75 Å². The van der Waals surface area contributed by atoms with Gasteiger partial charge >= 0.3 is 0 Å². The predicted molar refractivity (Wildman–Crippen MR) is 64.8 cm³/mol. The Morgan fingerprint density at radius 2 is 2.12 bits per heavy atom. The minimum atomic E-state index is 0.205. The van der Waals surface area contributed by atoms with Crippen molar-refractivity contribution in [2.75, 3.05) is 12.8 Å². The Hall–Kier alpha value is -2.04. The molecule has 0 saturated carbocycles. The number of nitrogens with two attached hydrogens (primary N) is 1. The number of hydrogen-bond donors (Lipinski definition) is 1. The third kappa shape index (κ3) is 2.22. The van der Waals surface area contributed by atoms with Crippen LogP contribution >= 0.6 is 0 Å². The molecule has 1 heterocycles. The molecule has 0 radical (unpaired) electrons. The van der Waals surface area contributed by atoms with E-state index in [1.54, 1.807) is 19.2 Å². The molecule has 0 fully saturated rings. The minimum absolute atomic E-state index is 0.205. The fraction of sp³-hybridized carbons (Fsp3) is 0.333. The zero-order valence-electron chi connectivity index (χ0n) is 10.1. The topological polar surface area (TPSA) is 74.2 Å². The molecule has 1 aromatic carbocycles. The van der Waals surface area contributed by atoms with E-state index in [0.717, 1.165) is 5.56 Å². The summed E-state index contributed by atoms with van der Waals surface area (Å²) in [5, 5.41) is 3.94. The van der Waals surface area contributed by atoms with Crippen molar-refractivity contribution < 1.29 is 9.26 Å². The van der Waals surface area contributed by atoms with Crippen molar-refractivity contribution in [1.82, 2.24) is 10.1 Å². The van der Waals surface area contributed by atoms with Gasteiger partial charge in [-0.15, -0.1) is 0 Å². The van der Waals surface area contributed by atoms with Crippen LogP contribution in [0.2, 0.25) is 0 Å². The van der Waals surface area contributed by atoms with Gasteiger partial charge in [0, 0.05) is 17.7 Å². The number of methoxy groups -OCH3 is 1. The third-order valence-electron chi connectivity index (χ3n) is 2.40. The van der Waals surface area contributed by atoms with Crippen molar-refractivity contribution in [1.29, 1.82) is 0 Å². The first-order valence-electron chi connectivity index (χ1n) is 5.39. The van der Waals surface area contributed by atoms with Gasteiger partial charge in [-0.25, -0.2) is 0 Å². The van der Waals surface area contributed by atoms with E-state index in [0.29, 0.717) is 23.2 Å². The van der Waals surface area contributed by atoms with Crippen LogP contribution in [0.5, 0.6) is 5.75 Å². The summed E-state index contributed by atoms with van der Waals surface area (Å²) in [6.07, 6.45) is 0. The molecule has 0 amide bonds. The van der Waals surface area contributed by atoms with E-state index in [9.17, 15) is 0 Å². The summed E-state index contributed by atoms with van der Waals surface area (Å²) in [4.78, 5) is 4.32. The number of nitrogen functional groups attached to an aromatic ring is 1. The van der Waals surface area contributed by atoms with Crippen molar-refractivity contribution in [3.05, 3.63) is 24.1 Å². The van der Waals surface area contributed by atoms with Gasteiger partial charge in [0.2, 0.25) is 11.7 Å². The fourth-order valence-electron chi connectivity index (χ4n) is 1.47. The standard InChI is InChI=1S/C12H15N3O2/c1-7(2)12-14-11(15-17-12)9-5-4-8(13)6-10(9)16-3/h4-7H,13H2,1-3H3. The summed E-state index contributed by atoms with van der Waals surface area (Å²) in [7, 11) is 1.59. The van der Waals surface area contributed by atoms with Gasteiger partial charge in [-0.3, -0.25) is 0 Å². The lowest BCUT2D eigenvalue weighted by Gasteiger charge is -2.05. The van der Waals surface area contributed by atoms with Gasteiger partial charge in [0.15, 0.2) is 0 Å². The number of benzene rings is 1. The van der Waals surface area contributed by atoms with Crippen molar-refractivity contribution in [2.45, 2.75) is 19.8 Å². The van der Waals surface area contributed by atoms with Gasteiger partial charge < -0.3 is 15.0 Å². The monoisotopic (exact) mass is 233 g/mol. The van der Waals surface area contributed by atoms with Crippen molar-refractivity contribution in [2.24, 2.45) is 0 Å². The van der Waals surface area contributed by atoms with Gasteiger partial charge in [0.25, 0.3) is 0 Å². The summed E-state index contributed by atoms with van der Waals surface area (Å²) in [5.41, 5.74) is 7.10. The highest BCUT2D eigenvalue weighted by molar-refractivity contribution is 5.67. The Bertz CT molecular complexity index is 520. The zero-order chi connectivity index (χ0) is 12.4. The molecule has 0 unspecified atom stereocenters. The fourth-order valence-corrected chi connectivity index (χ4v) is 1.47. The van der Waals surface area contributed by atoms with Crippen LogP contribution in [0.4, 0.5) is 5.69 Å². The van der Waals surface area contributed by atoms with Crippen LogP contribution in [0.3, 0.4) is 0 Å². The highest BCUT2D eigenvalue weighted by atomic mass is 16.5. The Labute approximate surface area is 99.6 Å². The predicted octanol–water partition coefficient (Wildman–Crippen LogP) is 2.45. The minimum Gasteiger partial charge on any atom is -0.496 e. The molecule has 5 nitrogen and oxygen atoms in total. The van der Waals surface area contributed by atoms with E-state index in [2.05, 4.69) is 10.1 Å². The second-order valence-electron chi connectivity index (χ2n) is 4.07. The SMILES string of the molecule is COc1cc(N)ccc1-c1noc(C(C)C)n1. The molecule has 0 saturated heterocycles. The highest BCUT2D eigenvalue weighted by Crippen LogP contribution is 2.30. The maximum atomic E-state index is 5.69. The third-order valence-corrected chi connectivity index (χ3v) is 2.40. The molecule has 2 rings (SSSR count). The molecule has 0 bridgehead atoms. The average Bonchev–Trinajstić information content (AvgIpc) is 2.78. The molecule has 2 N–H and O–H groups in total.